The van der Waals surface area contributed by atoms with E-state index in [1.807, 2.05) is 32.0 Å². The average molecular weight is 320 g/mol. The first kappa shape index (κ1) is 15.9. The maximum absolute atomic E-state index is 12.0. The van der Waals surface area contributed by atoms with E-state index in [1.165, 1.54) is 0 Å². The van der Waals surface area contributed by atoms with Gasteiger partial charge in [0.1, 0.15) is 13.2 Å². The molecule has 0 saturated carbocycles. The number of fused-ring (bicyclic) bond motifs is 1. The van der Waals surface area contributed by atoms with Crippen LogP contribution in [-0.2, 0) is 6.42 Å². The fourth-order valence-corrected chi connectivity index (χ4v) is 2.89. The van der Waals surface area contributed by atoms with E-state index in [0.717, 1.165) is 23.5 Å². The quantitative estimate of drug-likeness (QED) is 0.651. The Labute approximate surface area is 136 Å². The molecule has 0 bridgehead atoms. The summed E-state index contributed by atoms with van der Waals surface area (Å²) in [5.41, 5.74) is 7.35. The lowest BCUT2D eigenvalue weighted by molar-refractivity contribution is 0.171. The van der Waals surface area contributed by atoms with Crippen molar-refractivity contribution in [1.82, 2.24) is 21.5 Å². The SMILES string of the molecule is CC1NNC(C)C1NC(=O)NCCc1ccc2c(c1)OCCO2. The number of hydrogen-bond acceptors (Lipinski definition) is 5. The van der Waals surface area contributed by atoms with Crippen LogP contribution in [-0.4, -0.2) is 43.9 Å². The molecular formula is C16H24N4O3. The van der Waals surface area contributed by atoms with Crippen molar-refractivity contribution in [1.29, 1.82) is 0 Å². The molecule has 2 heterocycles. The summed E-state index contributed by atoms with van der Waals surface area (Å²) in [6.45, 7) is 5.82. The molecule has 2 unspecified atom stereocenters. The van der Waals surface area contributed by atoms with E-state index < -0.39 is 0 Å². The summed E-state index contributed by atoms with van der Waals surface area (Å²) in [5, 5.41) is 5.90. The molecule has 126 valence electrons. The van der Waals surface area contributed by atoms with E-state index in [4.69, 9.17) is 9.47 Å². The normalized spacial score (nSPS) is 25.9. The minimum Gasteiger partial charge on any atom is -0.486 e. The summed E-state index contributed by atoms with van der Waals surface area (Å²) < 4.78 is 11.1. The van der Waals surface area contributed by atoms with Crippen LogP contribution < -0.4 is 31.0 Å². The topological polar surface area (TPSA) is 83.7 Å². The summed E-state index contributed by atoms with van der Waals surface area (Å²) in [6.07, 6.45) is 0.746. The van der Waals surface area contributed by atoms with Crippen LogP contribution in [0.25, 0.3) is 0 Å². The molecule has 2 aliphatic heterocycles. The number of benzene rings is 1. The Hall–Kier alpha value is -1.99. The molecule has 23 heavy (non-hydrogen) atoms. The average Bonchev–Trinajstić information content (AvgIpc) is 2.87. The van der Waals surface area contributed by atoms with Gasteiger partial charge in [-0.1, -0.05) is 6.07 Å². The van der Waals surface area contributed by atoms with E-state index >= 15 is 0 Å². The van der Waals surface area contributed by atoms with Gasteiger partial charge in [-0.25, -0.2) is 4.79 Å². The molecule has 4 N–H and O–H groups in total. The van der Waals surface area contributed by atoms with Gasteiger partial charge in [0.05, 0.1) is 6.04 Å². The van der Waals surface area contributed by atoms with Gasteiger partial charge < -0.3 is 20.1 Å². The molecule has 1 aromatic carbocycles. The van der Waals surface area contributed by atoms with Crippen LogP contribution in [0.15, 0.2) is 18.2 Å². The lowest BCUT2D eigenvalue weighted by atomic mass is 10.1. The van der Waals surface area contributed by atoms with Crippen molar-refractivity contribution in [3.05, 3.63) is 23.8 Å². The first-order chi connectivity index (χ1) is 11.1. The molecule has 0 aromatic heterocycles. The highest BCUT2D eigenvalue weighted by atomic mass is 16.6. The van der Waals surface area contributed by atoms with E-state index in [-0.39, 0.29) is 24.2 Å². The third-order valence-corrected chi connectivity index (χ3v) is 4.22. The number of rotatable bonds is 4. The smallest absolute Gasteiger partial charge is 0.315 e. The first-order valence-electron chi connectivity index (χ1n) is 8.07. The second-order valence-corrected chi connectivity index (χ2v) is 6.02. The van der Waals surface area contributed by atoms with Crippen molar-refractivity contribution in [2.24, 2.45) is 0 Å². The summed E-state index contributed by atoms with van der Waals surface area (Å²) >= 11 is 0. The minimum absolute atomic E-state index is 0.0734. The maximum Gasteiger partial charge on any atom is 0.315 e. The summed E-state index contributed by atoms with van der Waals surface area (Å²) in [6, 6.07) is 6.23. The van der Waals surface area contributed by atoms with Crippen molar-refractivity contribution >= 4 is 6.03 Å². The molecule has 2 amide bonds. The number of amides is 2. The highest BCUT2D eigenvalue weighted by molar-refractivity contribution is 5.74. The van der Waals surface area contributed by atoms with Gasteiger partial charge in [0.2, 0.25) is 0 Å². The summed E-state index contributed by atoms with van der Waals surface area (Å²) in [4.78, 5) is 12.0. The second-order valence-electron chi connectivity index (χ2n) is 6.02. The molecule has 7 nitrogen and oxygen atoms in total. The minimum atomic E-state index is -0.142. The molecule has 0 spiro atoms. The number of nitrogens with one attached hydrogen (secondary N) is 4. The fraction of sp³-hybridized carbons (Fsp3) is 0.562. The fourth-order valence-electron chi connectivity index (χ4n) is 2.89. The Balaban J connectivity index is 1.45. The van der Waals surface area contributed by atoms with Crippen LogP contribution in [0.4, 0.5) is 4.79 Å². The Morgan fingerprint density at radius 1 is 1.17 bits per heavy atom. The van der Waals surface area contributed by atoms with Gasteiger partial charge in [0.15, 0.2) is 11.5 Å². The number of hydrogen-bond donors (Lipinski definition) is 4. The molecule has 0 aliphatic carbocycles. The predicted octanol–water partition coefficient (Wildman–Crippen LogP) is 0.553. The van der Waals surface area contributed by atoms with E-state index in [9.17, 15) is 4.79 Å². The van der Waals surface area contributed by atoms with Crippen molar-refractivity contribution in [2.75, 3.05) is 19.8 Å². The molecule has 2 atom stereocenters. The number of hydrazine groups is 1. The second kappa shape index (κ2) is 7.06. The van der Waals surface area contributed by atoms with Crippen LogP contribution >= 0.6 is 0 Å². The van der Waals surface area contributed by atoms with Crippen LogP contribution in [0, 0.1) is 0 Å². The molecule has 1 fully saturated rings. The number of carbonyl (C=O) groups excluding carboxylic acids is 1. The number of carbonyl (C=O) groups is 1. The molecule has 1 saturated heterocycles. The van der Waals surface area contributed by atoms with Crippen LogP contribution in [0.3, 0.4) is 0 Å². The summed E-state index contributed by atoms with van der Waals surface area (Å²) in [5.74, 6) is 1.57. The molecular weight excluding hydrogens is 296 g/mol. The molecule has 1 aromatic rings. The van der Waals surface area contributed by atoms with E-state index in [0.29, 0.717) is 19.8 Å². The third kappa shape index (κ3) is 3.86. The largest absolute Gasteiger partial charge is 0.486 e. The Bertz CT molecular complexity index is 556. The van der Waals surface area contributed by atoms with Crippen molar-refractivity contribution < 1.29 is 14.3 Å². The van der Waals surface area contributed by atoms with Crippen molar-refractivity contribution in [3.8, 4) is 11.5 Å². The van der Waals surface area contributed by atoms with Gasteiger partial charge in [0.25, 0.3) is 0 Å². The molecule has 2 aliphatic rings. The van der Waals surface area contributed by atoms with Gasteiger partial charge in [-0.3, -0.25) is 10.9 Å². The highest BCUT2D eigenvalue weighted by Crippen LogP contribution is 2.30. The van der Waals surface area contributed by atoms with Gasteiger partial charge >= 0.3 is 6.03 Å². The molecule has 3 rings (SSSR count). The monoisotopic (exact) mass is 320 g/mol. The maximum atomic E-state index is 12.0. The third-order valence-electron chi connectivity index (χ3n) is 4.22. The van der Waals surface area contributed by atoms with Gasteiger partial charge in [0, 0.05) is 18.6 Å². The van der Waals surface area contributed by atoms with E-state index in [2.05, 4.69) is 21.5 Å². The van der Waals surface area contributed by atoms with Crippen LogP contribution in [0.5, 0.6) is 11.5 Å². The molecule has 7 heteroatoms. The Kier molecular flexibility index (Phi) is 4.88. The van der Waals surface area contributed by atoms with Gasteiger partial charge in [-0.15, -0.1) is 0 Å². The predicted molar refractivity (Wildman–Crippen MR) is 86.7 cm³/mol. The lowest BCUT2D eigenvalue weighted by Gasteiger charge is -2.20. The van der Waals surface area contributed by atoms with Gasteiger partial charge in [-0.2, -0.15) is 0 Å². The van der Waals surface area contributed by atoms with Crippen LogP contribution in [0.2, 0.25) is 0 Å². The molecule has 0 radical (unpaired) electrons. The van der Waals surface area contributed by atoms with Crippen molar-refractivity contribution in [2.45, 2.75) is 38.4 Å². The van der Waals surface area contributed by atoms with Crippen molar-refractivity contribution in [3.63, 3.8) is 0 Å². The zero-order valence-corrected chi connectivity index (χ0v) is 13.5. The zero-order valence-electron chi connectivity index (χ0n) is 13.5. The Morgan fingerprint density at radius 2 is 1.87 bits per heavy atom. The standard InChI is InChI=1S/C16H24N4O3/c1-10-15(11(2)20-19-10)18-16(21)17-6-5-12-3-4-13-14(9-12)23-8-7-22-13/h3-4,9-11,15,19-20H,5-8H2,1-2H3,(H2,17,18,21). The zero-order chi connectivity index (χ0) is 16.2. The van der Waals surface area contributed by atoms with E-state index in [1.54, 1.807) is 0 Å². The number of ether oxygens (including phenoxy) is 2. The van der Waals surface area contributed by atoms with Gasteiger partial charge in [-0.05, 0) is 38.0 Å². The first-order valence-corrected chi connectivity index (χ1v) is 8.07. The summed E-state index contributed by atoms with van der Waals surface area (Å²) in [7, 11) is 0. The number of urea groups is 1. The lowest BCUT2D eigenvalue weighted by Crippen LogP contribution is -2.50. The highest BCUT2D eigenvalue weighted by Gasteiger charge is 2.30. The Morgan fingerprint density at radius 3 is 2.61 bits per heavy atom. The van der Waals surface area contributed by atoms with Crippen LogP contribution in [0.1, 0.15) is 19.4 Å².